The van der Waals surface area contributed by atoms with Crippen LogP contribution in [-0.4, -0.2) is 39.8 Å². The van der Waals surface area contributed by atoms with Crippen LogP contribution in [0.15, 0.2) is 0 Å². The predicted octanol–water partition coefficient (Wildman–Crippen LogP) is 0.449. The molecular weight excluding hydrogens is 184 g/mol. The van der Waals surface area contributed by atoms with Gasteiger partial charge >= 0.3 is 5.97 Å². The molecule has 1 heterocycles. The van der Waals surface area contributed by atoms with Crippen LogP contribution in [0.1, 0.15) is 25.6 Å². The van der Waals surface area contributed by atoms with Gasteiger partial charge in [-0.1, -0.05) is 13.8 Å². The molecule has 2 N–H and O–H groups in total. The first-order valence-electron chi connectivity index (χ1n) is 4.36. The number of aromatic nitrogens is 3. The van der Waals surface area contributed by atoms with E-state index in [9.17, 15) is 4.79 Å². The minimum Gasteiger partial charge on any atom is -0.480 e. The van der Waals surface area contributed by atoms with Crippen molar-refractivity contribution < 1.29 is 9.90 Å². The molecule has 0 amide bonds. The van der Waals surface area contributed by atoms with E-state index in [4.69, 9.17) is 5.11 Å². The van der Waals surface area contributed by atoms with Gasteiger partial charge in [0, 0.05) is 13.0 Å². The summed E-state index contributed by atoms with van der Waals surface area (Å²) >= 11 is 0. The lowest BCUT2D eigenvalue weighted by Crippen LogP contribution is -2.26. The number of aromatic amines is 1. The van der Waals surface area contributed by atoms with Gasteiger partial charge in [-0.3, -0.25) is 9.89 Å². The fourth-order valence-corrected chi connectivity index (χ4v) is 0.968. The third-order valence-corrected chi connectivity index (χ3v) is 1.75. The van der Waals surface area contributed by atoms with E-state index in [1.54, 1.807) is 7.05 Å². The number of H-pyrrole nitrogens is 1. The molecule has 0 aromatic carbocycles. The predicted molar refractivity (Wildman–Crippen MR) is 51.4 cm³/mol. The number of nitrogens with one attached hydrogen (secondary N) is 1. The quantitative estimate of drug-likeness (QED) is 0.734. The summed E-state index contributed by atoms with van der Waals surface area (Å²) in [6.45, 7) is 3.87. The first-order chi connectivity index (χ1) is 6.50. The summed E-state index contributed by atoms with van der Waals surface area (Å²) in [7, 11) is 1.64. The van der Waals surface area contributed by atoms with E-state index in [0.717, 1.165) is 5.82 Å². The molecule has 0 saturated carbocycles. The van der Waals surface area contributed by atoms with Crippen LogP contribution in [0.5, 0.6) is 0 Å². The number of hydrogen-bond acceptors (Lipinski definition) is 4. The number of anilines is 1. The van der Waals surface area contributed by atoms with Crippen LogP contribution in [0, 0.1) is 0 Å². The topological polar surface area (TPSA) is 82.1 Å². The number of aliphatic carboxylic acids is 1. The van der Waals surface area contributed by atoms with Crippen LogP contribution >= 0.6 is 0 Å². The second-order valence-electron chi connectivity index (χ2n) is 3.43. The van der Waals surface area contributed by atoms with Gasteiger partial charge in [0.25, 0.3) is 0 Å². The van der Waals surface area contributed by atoms with E-state index in [-0.39, 0.29) is 12.5 Å². The normalized spacial score (nSPS) is 10.6. The number of carboxylic acids is 1. The zero-order valence-corrected chi connectivity index (χ0v) is 8.48. The average Bonchev–Trinajstić information content (AvgIpc) is 2.50. The fourth-order valence-electron chi connectivity index (χ4n) is 0.968. The Labute approximate surface area is 82.0 Å². The van der Waals surface area contributed by atoms with Gasteiger partial charge in [0.15, 0.2) is 0 Å². The zero-order chi connectivity index (χ0) is 10.7. The summed E-state index contributed by atoms with van der Waals surface area (Å²) in [6, 6.07) is 0. The van der Waals surface area contributed by atoms with Crippen molar-refractivity contribution in [2.45, 2.75) is 19.8 Å². The molecule has 1 aromatic rings. The number of likely N-dealkylation sites (N-methyl/N-ethyl adjacent to an activating group) is 1. The third kappa shape index (κ3) is 2.45. The van der Waals surface area contributed by atoms with Crippen molar-refractivity contribution in [1.82, 2.24) is 15.2 Å². The first kappa shape index (κ1) is 10.5. The molecule has 0 saturated heterocycles. The smallest absolute Gasteiger partial charge is 0.323 e. The van der Waals surface area contributed by atoms with Gasteiger partial charge in [0.2, 0.25) is 5.95 Å². The highest BCUT2D eigenvalue weighted by atomic mass is 16.4. The monoisotopic (exact) mass is 198 g/mol. The minimum atomic E-state index is -0.900. The molecule has 0 spiro atoms. The Hall–Kier alpha value is -1.59. The zero-order valence-electron chi connectivity index (χ0n) is 8.48. The van der Waals surface area contributed by atoms with E-state index < -0.39 is 5.97 Å². The van der Waals surface area contributed by atoms with Crippen LogP contribution in [0.3, 0.4) is 0 Å². The Bertz CT molecular complexity index is 321. The van der Waals surface area contributed by atoms with Crippen LogP contribution in [0.2, 0.25) is 0 Å². The first-order valence-corrected chi connectivity index (χ1v) is 4.36. The molecule has 0 bridgehead atoms. The number of carbonyl (C=O) groups is 1. The summed E-state index contributed by atoms with van der Waals surface area (Å²) < 4.78 is 0. The van der Waals surface area contributed by atoms with E-state index in [1.807, 2.05) is 13.8 Å². The summed E-state index contributed by atoms with van der Waals surface area (Å²) in [5, 5.41) is 15.2. The summed E-state index contributed by atoms with van der Waals surface area (Å²) in [5.74, 6) is 0.534. The largest absolute Gasteiger partial charge is 0.480 e. The van der Waals surface area contributed by atoms with E-state index >= 15 is 0 Å². The Kier molecular flexibility index (Phi) is 3.06. The average molecular weight is 198 g/mol. The molecular formula is C8H14N4O2. The van der Waals surface area contributed by atoms with Crippen molar-refractivity contribution in [2.75, 3.05) is 18.5 Å². The molecule has 0 aliphatic rings. The third-order valence-electron chi connectivity index (χ3n) is 1.75. The summed E-state index contributed by atoms with van der Waals surface area (Å²) in [6.07, 6.45) is 0. The van der Waals surface area contributed by atoms with Gasteiger partial charge < -0.3 is 10.0 Å². The Balaban J connectivity index is 2.71. The molecule has 6 heteroatoms. The number of carboxylic acid groups (broad SMARTS) is 1. The van der Waals surface area contributed by atoms with Gasteiger partial charge in [-0.2, -0.15) is 4.98 Å². The molecule has 14 heavy (non-hydrogen) atoms. The molecule has 0 aliphatic carbocycles. The summed E-state index contributed by atoms with van der Waals surface area (Å²) in [5.41, 5.74) is 0. The molecule has 0 unspecified atom stereocenters. The number of rotatable bonds is 4. The Morgan fingerprint density at radius 3 is 2.71 bits per heavy atom. The lowest BCUT2D eigenvalue weighted by molar-refractivity contribution is -0.135. The van der Waals surface area contributed by atoms with Crippen molar-refractivity contribution in [1.29, 1.82) is 0 Å². The molecule has 0 radical (unpaired) electrons. The maximum absolute atomic E-state index is 10.4. The molecule has 6 nitrogen and oxygen atoms in total. The number of nitrogens with zero attached hydrogens (tertiary/aromatic N) is 3. The molecule has 1 aromatic heterocycles. The molecule has 0 aliphatic heterocycles. The van der Waals surface area contributed by atoms with Gasteiger partial charge in [0.05, 0.1) is 0 Å². The lowest BCUT2D eigenvalue weighted by Gasteiger charge is -2.10. The van der Waals surface area contributed by atoms with Crippen molar-refractivity contribution in [3.8, 4) is 0 Å². The van der Waals surface area contributed by atoms with Crippen LogP contribution in [0.25, 0.3) is 0 Å². The van der Waals surface area contributed by atoms with Gasteiger partial charge in [0.1, 0.15) is 12.4 Å². The molecule has 78 valence electrons. The van der Waals surface area contributed by atoms with E-state index in [2.05, 4.69) is 15.2 Å². The number of hydrogen-bond donors (Lipinski definition) is 2. The standard InChI is InChI=1S/C8H14N4O2/c1-5(2)7-9-8(11-10-7)12(3)4-6(13)14/h5H,4H2,1-3H3,(H,13,14)(H,9,10,11). The van der Waals surface area contributed by atoms with E-state index in [0.29, 0.717) is 5.95 Å². The van der Waals surface area contributed by atoms with Gasteiger partial charge in [-0.15, -0.1) is 5.10 Å². The minimum absolute atomic E-state index is 0.102. The lowest BCUT2D eigenvalue weighted by atomic mass is 10.2. The van der Waals surface area contributed by atoms with Crippen LogP contribution < -0.4 is 4.90 Å². The molecule has 0 atom stereocenters. The highest BCUT2D eigenvalue weighted by Gasteiger charge is 2.12. The van der Waals surface area contributed by atoms with Crippen LogP contribution in [-0.2, 0) is 4.79 Å². The van der Waals surface area contributed by atoms with E-state index in [1.165, 1.54) is 4.90 Å². The second kappa shape index (κ2) is 4.08. The Morgan fingerprint density at radius 1 is 1.64 bits per heavy atom. The molecule has 0 fully saturated rings. The maximum atomic E-state index is 10.4. The molecule has 1 rings (SSSR count). The highest BCUT2D eigenvalue weighted by molar-refractivity contribution is 5.72. The van der Waals surface area contributed by atoms with Gasteiger partial charge in [-0.25, -0.2) is 0 Å². The Morgan fingerprint density at radius 2 is 2.29 bits per heavy atom. The fraction of sp³-hybridized carbons (Fsp3) is 0.625. The van der Waals surface area contributed by atoms with Crippen molar-refractivity contribution in [3.05, 3.63) is 5.82 Å². The van der Waals surface area contributed by atoms with Crippen molar-refractivity contribution in [3.63, 3.8) is 0 Å². The summed E-state index contributed by atoms with van der Waals surface area (Å²) in [4.78, 5) is 16.1. The van der Waals surface area contributed by atoms with Crippen molar-refractivity contribution in [2.24, 2.45) is 0 Å². The highest BCUT2D eigenvalue weighted by Crippen LogP contribution is 2.11. The van der Waals surface area contributed by atoms with Gasteiger partial charge in [-0.05, 0) is 0 Å². The SMILES string of the molecule is CC(C)c1nc(N(C)CC(=O)O)n[nH]1. The van der Waals surface area contributed by atoms with Crippen LogP contribution in [0.4, 0.5) is 5.95 Å². The second-order valence-corrected chi connectivity index (χ2v) is 3.43. The van der Waals surface area contributed by atoms with Crippen molar-refractivity contribution >= 4 is 11.9 Å². The maximum Gasteiger partial charge on any atom is 0.323 e.